The Labute approximate surface area is 101 Å². The van der Waals surface area contributed by atoms with Crippen LogP contribution in [0.25, 0.3) is 10.9 Å². The molecule has 1 aromatic carbocycles. The molecule has 5 heteroatoms. The van der Waals surface area contributed by atoms with Crippen molar-refractivity contribution in [3.05, 3.63) is 38.9 Å². The van der Waals surface area contributed by atoms with E-state index in [0.717, 1.165) is 15.6 Å². The highest BCUT2D eigenvalue weighted by Crippen LogP contribution is 2.19. The number of rotatable bonds is 2. The Hall–Kier alpha value is -1.20. The molecule has 0 radical (unpaired) electrons. The van der Waals surface area contributed by atoms with Crippen molar-refractivity contribution in [2.75, 3.05) is 0 Å². The fraction of sp³-hybridized carbons (Fsp3) is 0.273. The molecular weight excluding hydrogens is 270 g/mol. The van der Waals surface area contributed by atoms with Crippen molar-refractivity contribution < 1.29 is 0 Å². The van der Waals surface area contributed by atoms with Crippen molar-refractivity contribution in [2.24, 2.45) is 5.73 Å². The predicted octanol–water partition coefficient (Wildman–Crippen LogP) is 1.58. The summed E-state index contributed by atoms with van der Waals surface area (Å²) >= 11 is 3.36. The second-order valence-electron chi connectivity index (χ2n) is 3.86. The van der Waals surface area contributed by atoms with E-state index in [1.165, 1.54) is 0 Å². The summed E-state index contributed by atoms with van der Waals surface area (Å²) in [4.78, 5) is 18.0. The van der Waals surface area contributed by atoms with Gasteiger partial charge in [-0.05, 0) is 25.1 Å². The minimum Gasteiger partial charge on any atom is -0.328 e. The van der Waals surface area contributed by atoms with E-state index in [9.17, 15) is 4.79 Å². The molecule has 1 aromatic heterocycles. The summed E-state index contributed by atoms with van der Waals surface area (Å²) in [5, 5.41) is 0.945. The summed E-state index contributed by atoms with van der Waals surface area (Å²) < 4.78 is 0.907. The Morgan fingerprint density at radius 3 is 3.00 bits per heavy atom. The SMILES string of the molecule is CC(N)Cc1[nH]c(=O)nc2cc(Br)ccc12. The summed E-state index contributed by atoms with van der Waals surface area (Å²) in [5.74, 6) is 0. The molecular formula is C11H12BrN3O. The fourth-order valence-electron chi connectivity index (χ4n) is 1.67. The molecule has 0 saturated carbocycles. The number of nitrogens with one attached hydrogen (secondary N) is 1. The topological polar surface area (TPSA) is 71.8 Å². The number of halogens is 1. The molecule has 3 N–H and O–H groups in total. The van der Waals surface area contributed by atoms with E-state index in [2.05, 4.69) is 25.9 Å². The lowest BCUT2D eigenvalue weighted by Crippen LogP contribution is -2.22. The molecule has 1 atom stereocenters. The number of nitrogens with zero attached hydrogens (tertiary/aromatic N) is 1. The van der Waals surface area contributed by atoms with Crippen LogP contribution in [0.3, 0.4) is 0 Å². The first kappa shape index (κ1) is 11.3. The number of fused-ring (bicyclic) bond motifs is 1. The zero-order chi connectivity index (χ0) is 11.7. The molecule has 0 aliphatic carbocycles. The van der Waals surface area contributed by atoms with Crippen LogP contribution in [0.5, 0.6) is 0 Å². The van der Waals surface area contributed by atoms with Gasteiger partial charge in [0.05, 0.1) is 5.52 Å². The zero-order valence-electron chi connectivity index (χ0n) is 8.83. The summed E-state index contributed by atoms with van der Waals surface area (Å²) in [6.07, 6.45) is 0.635. The Balaban J connectivity index is 2.68. The van der Waals surface area contributed by atoms with E-state index < -0.39 is 0 Å². The molecule has 84 valence electrons. The molecule has 16 heavy (non-hydrogen) atoms. The first-order valence-corrected chi connectivity index (χ1v) is 5.79. The second kappa shape index (κ2) is 4.35. The third-order valence-corrected chi connectivity index (χ3v) is 2.78. The Kier molecular flexibility index (Phi) is 3.07. The van der Waals surface area contributed by atoms with Crippen molar-refractivity contribution in [1.82, 2.24) is 9.97 Å². The number of H-pyrrole nitrogens is 1. The first-order chi connectivity index (χ1) is 7.56. The van der Waals surface area contributed by atoms with Gasteiger partial charge in [0.15, 0.2) is 0 Å². The van der Waals surface area contributed by atoms with Crippen molar-refractivity contribution in [3.8, 4) is 0 Å². The maximum Gasteiger partial charge on any atom is 0.345 e. The van der Waals surface area contributed by atoms with Gasteiger partial charge in [-0.1, -0.05) is 15.9 Å². The molecule has 1 heterocycles. The normalized spacial score (nSPS) is 12.9. The molecule has 0 fully saturated rings. The Bertz CT molecular complexity index is 577. The van der Waals surface area contributed by atoms with Gasteiger partial charge >= 0.3 is 5.69 Å². The van der Waals surface area contributed by atoms with Gasteiger partial charge in [0.25, 0.3) is 0 Å². The van der Waals surface area contributed by atoms with Crippen LogP contribution in [0.4, 0.5) is 0 Å². The van der Waals surface area contributed by atoms with Crippen molar-refractivity contribution in [3.63, 3.8) is 0 Å². The number of nitrogens with two attached hydrogens (primary N) is 1. The highest BCUT2D eigenvalue weighted by Gasteiger charge is 2.07. The lowest BCUT2D eigenvalue weighted by Gasteiger charge is -2.08. The van der Waals surface area contributed by atoms with Crippen LogP contribution in [0, 0.1) is 0 Å². The monoisotopic (exact) mass is 281 g/mol. The van der Waals surface area contributed by atoms with Crippen molar-refractivity contribution in [2.45, 2.75) is 19.4 Å². The minimum absolute atomic E-state index is 0.00453. The molecule has 0 aliphatic rings. The quantitative estimate of drug-likeness (QED) is 0.878. The number of aromatic nitrogens is 2. The molecule has 0 saturated heterocycles. The maximum absolute atomic E-state index is 11.4. The number of hydrogen-bond donors (Lipinski definition) is 2. The standard InChI is InChI=1S/C11H12BrN3O/c1-6(13)4-9-8-3-2-7(12)5-10(8)15-11(16)14-9/h2-3,5-6H,4,13H2,1H3,(H,14,15,16). The van der Waals surface area contributed by atoms with E-state index in [1.807, 2.05) is 25.1 Å². The number of hydrogen-bond acceptors (Lipinski definition) is 3. The van der Waals surface area contributed by atoms with Gasteiger partial charge in [-0.2, -0.15) is 4.98 Å². The molecule has 0 amide bonds. The molecule has 0 bridgehead atoms. The van der Waals surface area contributed by atoms with Gasteiger partial charge in [0.1, 0.15) is 0 Å². The van der Waals surface area contributed by atoms with Gasteiger partial charge < -0.3 is 10.7 Å². The highest BCUT2D eigenvalue weighted by atomic mass is 79.9. The lowest BCUT2D eigenvalue weighted by molar-refractivity contribution is 0.722. The van der Waals surface area contributed by atoms with E-state index in [1.54, 1.807) is 0 Å². The number of benzene rings is 1. The van der Waals surface area contributed by atoms with Crippen LogP contribution in [-0.4, -0.2) is 16.0 Å². The van der Waals surface area contributed by atoms with Gasteiger partial charge in [-0.15, -0.1) is 0 Å². The second-order valence-corrected chi connectivity index (χ2v) is 4.78. The molecule has 2 aromatic rings. The fourth-order valence-corrected chi connectivity index (χ4v) is 2.02. The van der Waals surface area contributed by atoms with Crippen LogP contribution in [0.2, 0.25) is 0 Å². The molecule has 2 rings (SSSR count). The molecule has 0 spiro atoms. The molecule has 0 aliphatic heterocycles. The summed E-state index contributed by atoms with van der Waals surface area (Å²) in [7, 11) is 0. The van der Waals surface area contributed by atoms with E-state index in [4.69, 9.17) is 5.73 Å². The van der Waals surface area contributed by atoms with Crippen LogP contribution < -0.4 is 11.4 Å². The van der Waals surface area contributed by atoms with E-state index >= 15 is 0 Å². The van der Waals surface area contributed by atoms with Crippen LogP contribution >= 0.6 is 15.9 Å². The van der Waals surface area contributed by atoms with Gasteiger partial charge in [-0.3, -0.25) is 0 Å². The van der Waals surface area contributed by atoms with Crippen molar-refractivity contribution in [1.29, 1.82) is 0 Å². The zero-order valence-corrected chi connectivity index (χ0v) is 10.4. The van der Waals surface area contributed by atoms with Crippen LogP contribution in [0.1, 0.15) is 12.6 Å². The van der Waals surface area contributed by atoms with Crippen LogP contribution in [-0.2, 0) is 6.42 Å². The average molecular weight is 282 g/mol. The summed E-state index contributed by atoms with van der Waals surface area (Å²) in [6.45, 7) is 1.91. The van der Waals surface area contributed by atoms with Crippen LogP contribution in [0.15, 0.2) is 27.5 Å². The third-order valence-electron chi connectivity index (χ3n) is 2.29. The predicted molar refractivity (Wildman–Crippen MR) is 67.4 cm³/mol. The summed E-state index contributed by atoms with van der Waals surface area (Å²) in [5.41, 5.74) is 6.95. The molecule has 4 nitrogen and oxygen atoms in total. The molecule has 1 unspecified atom stereocenters. The maximum atomic E-state index is 11.4. The smallest absolute Gasteiger partial charge is 0.328 e. The highest BCUT2D eigenvalue weighted by molar-refractivity contribution is 9.10. The average Bonchev–Trinajstić information content (AvgIpc) is 2.15. The minimum atomic E-state index is -0.332. The third kappa shape index (κ3) is 2.31. The van der Waals surface area contributed by atoms with Gasteiger partial charge in [0.2, 0.25) is 0 Å². The number of aromatic amines is 1. The lowest BCUT2D eigenvalue weighted by atomic mass is 10.1. The Morgan fingerprint density at radius 1 is 1.56 bits per heavy atom. The van der Waals surface area contributed by atoms with E-state index in [0.29, 0.717) is 11.9 Å². The Morgan fingerprint density at radius 2 is 2.31 bits per heavy atom. The van der Waals surface area contributed by atoms with Gasteiger partial charge in [0, 0.05) is 28.0 Å². The van der Waals surface area contributed by atoms with Crippen molar-refractivity contribution >= 4 is 26.8 Å². The first-order valence-electron chi connectivity index (χ1n) is 5.00. The van der Waals surface area contributed by atoms with Gasteiger partial charge in [-0.25, -0.2) is 4.79 Å². The summed E-state index contributed by atoms with van der Waals surface area (Å²) in [6, 6.07) is 5.69. The largest absolute Gasteiger partial charge is 0.345 e. The van der Waals surface area contributed by atoms with E-state index in [-0.39, 0.29) is 11.7 Å².